The lowest BCUT2D eigenvalue weighted by Gasteiger charge is -2.34. The van der Waals surface area contributed by atoms with Crippen molar-refractivity contribution in [3.63, 3.8) is 0 Å². The second-order valence-electron chi connectivity index (χ2n) is 8.75. The molecule has 1 aliphatic heterocycles. The quantitative estimate of drug-likeness (QED) is 0.404. The first-order valence-corrected chi connectivity index (χ1v) is 12.9. The number of nitrogens with one attached hydrogen (secondary N) is 2. The number of benzene rings is 1. The van der Waals surface area contributed by atoms with Crippen molar-refractivity contribution >= 4 is 29.5 Å². The smallest absolute Gasteiger partial charge is 0.255 e. The van der Waals surface area contributed by atoms with E-state index in [-0.39, 0.29) is 17.7 Å². The summed E-state index contributed by atoms with van der Waals surface area (Å²) < 4.78 is 0. The van der Waals surface area contributed by atoms with Crippen LogP contribution in [0.15, 0.2) is 41.8 Å². The van der Waals surface area contributed by atoms with Gasteiger partial charge in [-0.25, -0.2) is 0 Å². The molecule has 0 radical (unpaired) electrons. The van der Waals surface area contributed by atoms with Crippen molar-refractivity contribution in [2.24, 2.45) is 5.92 Å². The number of carbonyl (C=O) groups is 3. The first kappa shape index (κ1) is 25.3. The number of amides is 3. The summed E-state index contributed by atoms with van der Waals surface area (Å²) in [5.74, 6) is 0.893. The van der Waals surface area contributed by atoms with Crippen molar-refractivity contribution < 1.29 is 14.4 Å². The zero-order chi connectivity index (χ0) is 23.5. The van der Waals surface area contributed by atoms with Crippen molar-refractivity contribution in [1.29, 1.82) is 0 Å². The fourth-order valence-corrected chi connectivity index (χ4v) is 5.21. The molecule has 1 aromatic rings. The summed E-state index contributed by atoms with van der Waals surface area (Å²) in [6, 6.07) is 7.51. The average Bonchev–Trinajstić information content (AvgIpc) is 2.86. The zero-order valence-corrected chi connectivity index (χ0v) is 20.2. The summed E-state index contributed by atoms with van der Waals surface area (Å²) in [5, 5.41) is 5.85. The second-order valence-corrected chi connectivity index (χ2v) is 9.77. The van der Waals surface area contributed by atoms with Crippen LogP contribution in [0.1, 0.15) is 42.5 Å². The van der Waals surface area contributed by atoms with Crippen LogP contribution in [-0.2, 0) is 9.59 Å². The highest BCUT2D eigenvalue weighted by Crippen LogP contribution is 2.25. The summed E-state index contributed by atoms with van der Waals surface area (Å²) in [6.07, 6.45) is 7.91. The minimum absolute atomic E-state index is 0.0172. The Labute approximate surface area is 201 Å². The van der Waals surface area contributed by atoms with Crippen LogP contribution in [0.2, 0.25) is 0 Å². The summed E-state index contributed by atoms with van der Waals surface area (Å²) in [4.78, 5) is 42.2. The van der Waals surface area contributed by atoms with Crippen LogP contribution in [0, 0.1) is 5.92 Å². The van der Waals surface area contributed by atoms with Gasteiger partial charge in [0.25, 0.3) is 5.91 Å². The molecule has 1 saturated heterocycles. The van der Waals surface area contributed by atoms with Crippen LogP contribution < -0.4 is 10.6 Å². The molecule has 33 heavy (non-hydrogen) atoms. The summed E-state index contributed by atoms with van der Waals surface area (Å²) in [7, 11) is 0. The van der Waals surface area contributed by atoms with E-state index in [0.717, 1.165) is 11.4 Å². The van der Waals surface area contributed by atoms with Crippen LogP contribution in [0.4, 0.5) is 0 Å². The maximum absolute atomic E-state index is 13.2. The minimum atomic E-state index is -0.0295. The number of hydrogen-bond acceptors (Lipinski definition) is 5. The fourth-order valence-electron chi connectivity index (χ4n) is 4.34. The van der Waals surface area contributed by atoms with Crippen LogP contribution >= 0.6 is 11.8 Å². The highest BCUT2D eigenvalue weighted by atomic mass is 32.2. The van der Waals surface area contributed by atoms with Gasteiger partial charge in [-0.15, -0.1) is 18.3 Å². The number of nitrogens with zero attached hydrogens (tertiary/aromatic N) is 2. The Hall–Kier alpha value is -2.32. The van der Waals surface area contributed by atoms with Crippen molar-refractivity contribution in [1.82, 2.24) is 20.4 Å². The first-order valence-electron chi connectivity index (χ1n) is 11.9. The Balaban J connectivity index is 1.46. The van der Waals surface area contributed by atoms with Gasteiger partial charge in [-0.05, 0) is 30.9 Å². The Bertz CT molecular complexity index is 818. The maximum Gasteiger partial charge on any atom is 0.255 e. The van der Waals surface area contributed by atoms with E-state index in [1.165, 1.54) is 43.9 Å². The van der Waals surface area contributed by atoms with Crippen LogP contribution in [0.3, 0.4) is 0 Å². The molecule has 1 aromatic carbocycles. The van der Waals surface area contributed by atoms with Gasteiger partial charge < -0.3 is 15.5 Å². The number of hydrogen-bond donors (Lipinski definition) is 2. The predicted octanol–water partition coefficient (Wildman–Crippen LogP) is 2.54. The highest BCUT2D eigenvalue weighted by Gasteiger charge is 2.25. The summed E-state index contributed by atoms with van der Waals surface area (Å²) in [5.41, 5.74) is 0.639. The van der Waals surface area contributed by atoms with Crippen molar-refractivity contribution in [3.8, 4) is 0 Å². The molecule has 7 nitrogen and oxygen atoms in total. The van der Waals surface area contributed by atoms with E-state index in [4.69, 9.17) is 0 Å². The zero-order valence-electron chi connectivity index (χ0n) is 19.4. The number of thioether (sulfide) groups is 1. The third kappa shape index (κ3) is 8.19. The standard InChI is InChI=1S/C25H36N4O3S/c1-2-12-26-23(30)18-28-13-15-29(16-14-28)25(32)21-10-6-7-11-22(21)33-19-24(31)27-17-20-8-4-3-5-9-20/h2,6-7,10-11,20H,1,3-5,8-9,12-19H2,(H,26,30)(H,27,31). The molecule has 180 valence electrons. The molecular formula is C25H36N4O3S. The van der Waals surface area contributed by atoms with E-state index in [0.29, 0.717) is 56.5 Å². The molecule has 2 N–H and O–H groups in total. The average molecular weight is 473 g/mol. The lowest BCUT2D eigenvalue weighted by molar-refractivity contribution is -0.122. The third-order valence-electron chi connectivity index (χ3n) is 6.26. The molecule has 2 fully saturated rings. The molecule has 0 bridgehead atoms. The molecule has 0 atom stereocenters. The Kier molecular flexibility index (Phi) is 10.3. The maximum atomic E-state index is 13.2. The first-order chi connectivity index (χ1) is 16.1. The number of carbonyl (C=O) groups excluding carboxylic acids is 3. The van der Waals surface area contributed by atoms with Gasteiger partial charge in [-0.3, -0.25) is 19.3 Å². The van der Waals surface area contributed by atoms with Gasteiger partial charge in [0.05, 0.1) is 17.9 Å². The fraction of sp³-hybridized carbons (Fsp3) is 0.560. The summed E-state index contributed by atoms with van der Waals surface area (Å²) in [6.45, 7) is 7.63. The monoisotopic (exact) mass is 472 g/mol. The Morgan fingerprint density at radius 2 is 1.73 bits per heavy atom. The third-order valence-corrected chi connectivity index (χ3v) is 7.33. The van der Waals surface area contributed by atoms with E-state index in [9.17, 15) is 14.4 Å². The molecular weight excluding hydrogens is 436 g/mol. The number of piperazine rings is 1. The predicted molar refractivity (Wildman–Crippen MR) is 132 cm³/mol. The van der Waals surface area contributed by atoms with Gasteiger partial charge in [0.1, 0.15) is 0 Å². The molecule has 8 heteroatoms. The van der Waals surface area contributed by atoms with Crippen molar-refractivity contribution in [2.75, 3.05) is 51.6 Å². The molecule has 1 aliphatic carbocycles. The second kappa shape index (κ2) is 13.4. The molecule has 0 unspecified atom stereocenters. The largest absolute Gasteiger partial charge is 0.355 e. The Morgan fingerprint density at radius 3 is 2.45 bits per heavy atom. The van der Waals surface area contributed by atoms with Crippen LogP contribution in [0.5, 0.6) is 0 Å². The molecule has 0 aromatic heterocycles. The van der Waals surface area contributed by atoms with Crippen molar-refractivity contribution in [3.05, 3.63) is 42.5 Å². The van der Waals surface area contributed by atoms with Gasteiger partial charge in [0.15, 0.2) is 0 Å². The van der Waals surface area contributed by atoms with E-state index >= 15 is 0 Å². The molecule has 3 rings (SSSR count). The Morgan fingerprint density at radius 1 is 1.00 bits per heavy atom. The van der Waals surface area contributed by atoms with Crippen LogP contribution in [-0.4, -0.2) is 79.1 Å². The van der Waals surface area contributed by atoms with Gasteiger partial charge in [0, 0.05) is 44.2 Å². The van der Waals surface area contributed by atoms with E-state index in [2.05, 4.69) is 22.1 Å². The van der Waals surface area contributed by atoms with E-state index in [1.54, 1.807) is 6.08 Å². The van der Waals surface area contributed by atoms with E-state index in [1.807, 2.05) is 29.2 Å². The van der Waals surface area contributed by atoms with Crippen molar-refractivity contribution in [2.45, 2.75) is 37.0 Å². The SMILES string of the molecule is C=CCNC(=O)CN1CCN(C(=O)c2ccccc2SCC(=O)NCC2CCCCC2)CC1. The normalized spacial score (nSPS) is 17.4. The van der Waals surface area contributed by atoms with Crippen LogP contribution in [0.25, 0.3) is 0 Å². The highest BCUT2D eigenvalue weighted by molar-refractivity contribution is 8.00. The van der Waals surface area contributed by atoms with Gasteiger partial charge in [-0.2, -0.15) is 0 Å². The molecule has 1 saturated carbocycles. The lowest BCUT2D eigenvalue weighted by Crippen LogP contribution is -2.51. The van der Waals surface area contributed by atoms with Gasteiger partial charge >= 0.3 is 0 Å². The van der Waals surface area contributed by atoms with Gasteiger partial charge in [0.2, 0.25) is 11.8 Å². The molecule has 1 heterocycles. The molecule has 0 spiro atoms. The summed E-state index contributed by atoms with van der Waals surface area (Å²) >= 11 is 1.42. The van der Waals surface area contributed by atoms with E-state index < -0.39 is 0 Å². The topological polar surface area (TPSA) is 81.8 Å². The minimum Gasteiger partial charge on any atom is -0.355 e. The molecule has 3 amide bonds. The molecule has 2 aliphatic rings. The van der Waals surface area contributed by atoms with Gasteiger partial charge in [-0.1, -0.05) is 37.5 Å². The lowest BCUT2D eigenvalue weighted by atomic mass is 9.89. The number of rotatable bonds is 10.